The predicted octanol–water partition coefficient (Wildman–Crippen LogP) is 2.08. The molecule has 1 amide bonds. The number of nitro benzene ring substituents is 1. The summed E-state index contributed by atoms with van der Waals surface area (Å²) in [5.74, 6) is -1.36. The largest absolute Gasteiger partial charge is 0.478 e. The smallest absolute Gasteiger partial charge is 0.335 e. The number of aromatic carboxylic acids is 1. The third-order valence-electron chi connectivity index (χ3n) is 4.08. The highest BCUT2D eigenvalue weighted by Gasteiger charge is 2.31. The van der Waals surface area contributed by atoms with Crippen molar-refractivity contribution in [2.24, 2.45) is 11.8 Å². The zero-order valence-electron chi connectivity index (χ0n) is 13.5. The Hall–Kier alpha value is -2.48. The Balaban J connectivity index is 2.12. The zero-order chi connectivity index (χ0) is 17.9. The molecule has 0 aromatic heterocycles. The molecule has 0 saturated carbocycles. The summed E-state index contributed by atoms with van der Waals surface area (Å²) in [4.78, 5) is 33.5. The molecule has 2 atom stereocenters. The van der Waals surface area contributed by atoms with Crippen LogP contribution >= 0.6 is 0 Å². The molecule has 1 aliphatic rings. The van der Waals surface area contributed by atoms with E-state index in [0.29, 0.717) is 19.1 Å². The number of nitrogens with one attached hydrogen (secondary N) is 1. The second kappa shape index (κ2) is 7.39. The summed E-state index contributed by atoms with van der Waals surface area (Å²) in [6.07, 6.45) is 0.892. The Morgan fingerprint density at radius 1 is 1.38 bits per heavy atom. The van der Waals surface area contributed by atoms with Gasteiger partial charge < -0.3 is 15.2 Å². The van der Waals surface area contributed by atoms with Crippen LogP contribution in [-0.4, -0.2) is 41.2 Å². The van der Waals surface area contributed by atoms with Crippen LogP contribution in [0, 0.1) is 22.0 Å². The van der Waals surface area contributed by atoms with E-state index in [-0.39, 0.29) is 23.1 Å². The third kappa shape index (κ3) is 4.08. The maximum atomic E-state index is 12.3. The van der Waals surface area contributed by atoms with Gasteiger partial charge in [-0.3, -0.25) is 14.9 Å². The van der Waals surface area contributed by atoms with E-state index in [1.807, 2.05) is 13.8 Å². The molecule has 2 unspecified atom stereocenters. The number of benzene rings is 1. The number of nitrogens with zero attached hydrogens (tertiary/aromatic N) is 1. The molecule has 1 fully saturated rings. The highest BCUT2D eigenvalue weighted by molar-refractivity contribution is 5.98. The van der Waals surface area contributed by atoms with E-state index in [1.54, 1.807) is 0 Å². The molecular weight excluding hydrogens is 316 g/mol. The summed E-state index contributed by atoms with van der Waals surface area (Å²) in [6.45, 7) is 5.12. The molecule has 1 aliphatic heterocycles. The van der Waals surface area contributed by atoms with Gasteiger partial charge in [-0.15, -0.1) is 0 Å². The molecule has 1 aromatic carbocycles. The second-order valence-electron chi connectivity index (χ2n) is 6.17. The first-order valence-electron chi connectivity index (χ1n) is 7.72. The number of non-ortho nitro benzene ring substituents is 1. The molecule has 1 heterocycles. The molecular formula is C16H20N2O6. The minimum atomic E-state index is -1.32. The van der Waals surface area contributed by atoms with Crippen molar-refractivity contribution in [2.45, 2.75) is 26.4 Å². The molecule has 1 saturated heterocycles. The van der Waals surface area contributed by atoms with Crippen molar-refractivity contribution in [1.82, 2.24) is 5.32 Å². The summed E-state index contributed by atoms with van der Waals surface area (Å²) in [5, 5.41) is 22.6. The van der Waals surface area contributed by atoms with E-state index >= 15 is 0 Å². The lowest BCUT2D eigenvalue weighted by atomic mass is 9.93. The SMILES string of the molecule is CC(C)C1OCCC1CNC(=O)c1cc(C(=O)O)cc([N+](=O)[O-])c1. The van der Waals surface area contributed by atoms with Crippen LogP contribution < -0.4 is 5.32 Å². The number of carboxylic acid groups (broad SMARTS) is 1. The number of hydrogen-bond acceptors (Lipinski definition) is 5. The summed E-state index contributed by atoms with van der Waals surface area (Å²) < 4.78 is 5.65. The van der Waals surface area contributed by atoms with E-state index < -0.39 is 22.5 Å². The zero-order valence-corrected chi connectivity index (χ0v) is 13.5. The van der Waals surface area contributed by atoms with Gasteiger partial charge in [-0.1, -0.05) is 13.8 Å². The normalized spacial score (nSPS) is 20.1. The van der Waals surface area contributed by atoms with Gasteiger partial charge in [0.25, 0.3) is 11.6 Å². The van der Waals surface area contributed by atoms with Gasteiger partial charge in [0.1, 0.15) is 0 Å². The molecule has 0 spiro atoms. The number of hydrogen-bond donors (Lipinski definition) is 2. The first-order chi connectivity index (χ1) is 11.3. The Labute approximate surface area is 139 Å². The topological polar surface area (TPSA) is 119 Å². The number of amides is 1. The lowest BCUT2D eigenvalue weighted by Crippen LogP contribution is -2.35. The molecule has 2 N–H and O–H groups in total. The lowest BCUT2D eigenvalue weighted by molar-refractivity contribution is -0.384. The van der Waals surface area contributed by atoms with Gasteiger partial charge in [-0.05, 0) is 18.4 Å². The fourth-order valence-electron chi connectivity index (χ4n) is 2.91. The van der Waals surface area contributed by atoms with Crippen molar-refractivity contribution in [3.05, 3.63) is 39.4 Å². The van der Waals surface area contributed by atoms with Crippen LogP contribution in [0.15, 0.2) is 18.2 Å². The maximum Gasteiger partial charge on any atom is 0.335 e. The van der Waals surface area contributed by atoms with Crippen LogP contribution in [0.5, 0.6) is 0 Å². The van der Waals surface area contributed by atoms with Crippen LogP contribution in [0.4, 0.5) is 5.69 Å². The van der Waals surface area contributed by atoms with Crippen LogP contribution in [0.2, 0.25) is 0 Å². The van der Waals surface area contributed by atoms with E-state index in [1.165, 1.54) is 0 Å². The van der Waals surface area contributed by atoms with Crippen LogP contribution in [-0.2, 0) is 4.74 Å². The molecule has 8 nitrogen and oxygen atoms in total. The maximum absolute atomic E-state index is 12.3. The summed E-state index contributed by atoms with van der Waals surface area (Å²) in [5.41, 5.74) is -0.760. The molecule has 8 heteroatoms. The molecule has 24 heavy (non-hydrogen) atoms. The minimum absolute atomic E-state index is 0.0402. The van der Waals surface area contributed by atoms with Crippen molar-refractivity contribution in [3.63, 3.8) is 0 Å². The lowest BCUT2D eigenvalue weighted by Gasteiger charge is -2.22. The molecule has 2 rings (SSSR count). The van der Waals surface area contributed by atoms with Crippen LogP contribution in [0.25, 0.3) is 0 Å². The van der Waals surface area contributed by atoms with Gasteiger partial charge in [-0.2, -0.15) is 0 Å². The first kappa shape index (κ1) is 17.9. The van der Waals surface area contributed by atoms with Crippen molar-refractivity contribution in [1.29, 1.82) is 0 Å². The standard InChI is InChI=1S/C16H20N2O6/c1-9(2)14-10(3-4-24-14)8-17-15(19)11-5-12(16(20)21)7-13(6-11)18(22)23/h5-7,9-10,14H,3-4,8H2,1-2H3,(H,17,19)(H,20,21). The Bertz CT molecular complexity index is 626. The number of carbonyl (C=O) groups is 2. The molecule has 0 bridgehead atoms. The van der Waals surface area contributed by atoms with Crippen molar-refractivity contribution < 1.29 is 24.4 Å². The van der Waals surface area contributed by atoms with Gasteiger partial charge in [-0.25, -0.2) is 4.79 Å². The molecule has 1 aromatic rings. The fourth-order valence-corrected chi connectivity index (χ4v) is 2.91. The average molecular weight is 336 g/mol. The van der Waals surface area contributed by atoms with E-state index in [4.69, 9.17) is 9.84 Å². The highest BCUT2D eigenvalue weighted by Crippen LogP contribution is 2.26. The van der Waals surface area contributed by atoms with Gasteiger partial charge >= 0.3 is 5.97 Å². The quantitative estimate of drug-likeness (QED) is 0.606. The monoisotopic (exact) mass is 336 g/mol. The van der Waals surface area contributed by atoms with Gasteiger partial charge in [0.05, 0.1) is 16.6 Å². The second-order valence-corrected chi connectivity index (χ2v) is 6.17. The summed E-state index contributed by atoms with van der Waals surface area (Å²) >= 11 is 0. The number of carbonyl (C=O) groups excluding carboxylic acids is 1. The van der Waals surface area contributed by atoms with Crippen molar-refractivity contribution >= 4 is 17.6 Å². The predicted molar refractivity (Wildman–Crippen MR) is 85.1 cm³/mol. The van der Waals surface area contributed by atoms with E-state index in [0.717, 1.165) is 24.6 Å². The minimum Gasteiger partial charge on any atom is -0.478 e. The molecule has 0 aliphatic carbocycles. The number of nitro groups is 1. The molecule has 130 valence electrons. The number of ether oxygens (including phenoxy) is 1. The fraction of sp³-hybridized carbons (Fsp3) is 0.500. The Morgan fingerprint density at radius 2 is 2.04 bits per heavy atom. The van der Waals surface area contributed by atoms with Gasteiger partial charge in [0.2, 0.25) is 0 Å². The Morgan fingerprint density at radius 3 is 2.62 bits per heavy atom. The third-order valence-corrected chi connectivity index (χ3v) is 4.08. The van der Waals surface area contributed by atoms with Crippen molar-refractivity contribution in [2.75, 3.05) is 13.2 Å². The van der Waals surface area contributed by atoms with Gasteiger partial charge in [0.15, 0.2) is 0 Å². The van der Waals surface area contributed by atoms with E-state index in [9.17, 15) is 19.7 Å². The van der Waals surface area contributed by atoms with Crippen LogP contribution in [0.1, 0.15) is 41.0 Å². The van der Waals surface area contributed by atoms with Crippen molar-refractivity contribution in [3.8, 4) is 0 Å². The number of carboxylic acids is 1. The molecule has 0 radical (unpaired) electrons. The first-order valence-corrected chi connectivity index (χ1v) is 7.72. The summed E-state index contributed by atoms with van der Waals surface area (Å²) in [6, 6.07) is 3.14. The van der Waals surface area contributed by atoms with Gasteiger partial charge in [0, 0.05) is 36.8 Å². The summed E-state index contributed by atoms with van der Waals surface area (Å²) in [7, 11) is 0. The van der Waals surface area contributed by atoms with E-state index in [2.05, 4.69) is 5.32 Å². The highest BCUT2D eigenvalue weighted by atomic mass is 16.6. The number of rotatable bonds is 6. The average Bonchev–Trinajstić information content (AvgIpc) is 3.00. The van der Waals surface area contributed by atoms with Crippen LogP contribution in [0.3, 0.4) is 0 Å². The Kier molecular flexibility index (Phi) is 5.50.